The first-order valence-corrected chi connectivity index (χ1v) is 5.98. The van der Waals surface area contributed by atoms with Crippen LogP contribution in [-0.2, 0) is 0 Å². The third-order valence-electron chi connectivity index (χ3n) is 2.53. The van der Waals surface area contributed by atoms with Gasteiger partial charge < -0.3 is 0 Å². The molecular weight excluding hydrogens is 285 g/mol. The van der Waals surface area contributed by atoms with E-state index in [4.69, 9.17) is 0 Å². The van der Waals surface area contributed by atoms with Gasteiger partial charge in [-0.3, -0.25) is 0 Å². The van der Waals surface area contributed by atoms with Crippen molar-refractivity contribution in [2.45, 2.75) is 12.8 Å². The van der Waals surface area contributed by atoms with Gasteiger partial charge in [0.05, 0.1) is 0 Å². The van der Waals surface area contributed by atoms with Crippen LogP contribution in [0.3, 0.4) is 0 Å². The average molecular weight is 299 g/mol. The van der Waals surface area contributed by atoms with E-state index in [2.05, 4.69) is 62.4 Å². The highest BCUT2D eigenvalue weighted by Crippen LogP contribution is 2.23. The summed E-state index contributed by atoms with van der Waals surface area (Å²) in [7, 11) is 0. The van der Waals surface area contributed by atoms with E-state index in [9.17, 15) is 0 Å². The maximum absolute atomic E-state index is 2.40. The number of rotatable bonds is 1. The normalized spacial score (nSPS) is 18.8. The molecule has 1 aromatic rings. The Morgan fingerprint density at radius 2 is 1.93 bits per heavy atom. The number of hydrogen-bond acceptors (Lipinski definition) is 1. The minimum absolute atomic E-state index is 1.07. The van der Waals surface area contributed by atoms with Gasteiger partial charge in [0.1, 0.15) is 0 Å². The first kappa shape index (κ1) is 10.2. The van der Waals surface area contributed by atoms with Crippen LogP contribution in [0, 0.1) is 0 Å². The smallest absolute Gasteiger partial charge is 0.0267 e. The number of nitrogens with zero attached hydrogens (tertiary/aromatic N) is 1. The molecule has 0 saturated heterocycles. The molecule has 0 radical (unpaired) electrons. The standard InChI is InChI=1S/C12H14IN/c13-14-9-4-7-12(8-10-14)11-5-2-1-3-6-11/h1-3,5-6,8H,4,7,9-10H2. The average Bonchev–Trinajstić information content (AvgIpc) is 2.44. The Labute approximate surface area is 99.3 Å². The Kier molecular flexibility index (Phi) is 3.59. The summed E-state index contributed by atoms with van der Waals surface area (Å²) >= 11 is 2.40. The SMILES string of the molecule is IN1CC=C(c2ccccc2)CCC1. The fourth-order valence-corrected chi connectivity index (χ4v) is 2.30. The molecule has 0 aliphatic carbocycles. The lowest BCUT2D eigenvalue weighted by Gasteiger charge is -2.06. The van der Waals surface area contributed by atoms with Crippen LogP contribution in [0.4, 0.5) is 0 Å². The zero-order valence-electron chi connectivity index (χ0n) is 8.12. The molecule has 14 heavy (non-hydrogen) atoms. The Morgan fingerprint density at radius 3 is 2.71 bits per heavy atom. The van der Waals surface area contributed by atoms with Gasteiger partial charge in [-0.1, -0.05) is 36.4 Å². The third kappa shape index (κ3) is 2.58. The predicted octanol–water partition coefficient (Wildman–Crippen LogP) is 3.52. The summed E-state index contributed by atoms with van der Waals surface area (Å²) in [6, 6.07) is 10.7. The van der Waals surface area contributed by atoms with Gasteiger partial charge in [0.2, 0.25) is 0 Å². The molecule has 1 aromatic carbocycles. The molecule has 0 saturated carbocycles. The lowest BCUT2D eigenvalue weighted by molar-refractivity contribution is 0.556. The van der Waals surface area contributed by atoms with Crippen molar-refractivity contribution in [3.8, 4) is 0 Å². The molecule has 0 amide bonds. The third-order valence-corrected chi connectivity index (χ3v) is 3.40. The lowest BCUT2D eigenvalue weighted by atomic mass is 10.0. The molecule has 2 rings (SSSR count). The molecule has 0 bridgehead atoms. The van der Waals surface area contributed by atoms with Crippen molar-refractivity contribution in [2.75, 3.05) is 13.1 Å². The van der Waals surface area contributed by atoms with Gasteiger partial charge in [-0.25, -0.2) is 3.11 Å². The second-order valence-electron chi connectivity index (χ2n) is 3.57. The van der Waals surface area contributed by atoms with Gasteiger partial charge in [-0.2, -0.15) is 0 Å². The molecule has 1 aliphatic rings. The van der Waals surface area contributed by atoms with E-state index in [1.54, 1.807) is 0 Å². The highest BCUT2D eigenvalue weighted by Gasteiger charge is 2.07. The van der Waals surface area contributed by atoms with Crippen molar-refractivity contribution < 1.29 is 0 Å². The monoisotopic (exact) mass is 299 g/mol. The molecule has 1 aliphatic heterocycles. The highest BCUT2D eigenvalue weighted by molar-refractivity contribution is 14.1. The summed E-state index contributed by atoms with van der Waals surface area (Å²) in [4.78, 5) is 0. The summed E-state index contributed by atoms with van der Waals surface area (Å²) in [6.45, 7) is 2.28. The van der Waals surface area contributed by atoms with E-state index in [0.29, 0.717) is 0 Å². The van der Waals surface area contributed by atoms with Crippen LogP contribution in [0.1, 0.15) is 18.4 Å². The van der Waals surface area contributed by atoms with Gasteiger partial charge in [0.15, 0.2) is 0 Å². The van der Waals surface area contributed by atoms with Crippen molar-refractivity contribution in [3.63, 3.8) is 0 Å². The van der Waals surface area contributed by atoms with Crippen molar-refractivity contribution in [1.82, 2.24) is 3.11 Å². The Bertz CT molecular complexity index is 318. The molecule has 1 nitrogen and oxygen atoms in total. The maximum atomic E-state index is 2.40. The summed E-state index contributed by atoms with van der Waals surface area (Å²) in [5.41, 5.74) is 2.89. The van der Waals surface area contributed by atoms with E-state index >= 15 is 0 Å². The molecular formula is C12H14IN. The van der Waals surface area contributed by atoms with Crippen molar-refractivity contribution >= 4 is 28.4 Å². The van der Waals surface area contributed by atoms with E-state index in [1.807, 2.05) is 0 Å². The molecule has 0 N–H and O–H groups in total. The van der Waals surface area contributed by atoms with Crippen LogP contribution >= 0.6 is 22.9 Å². The van der Waals surface area contributed by atoms with Crippen molar-refractivity contribution in [2.24, 2.45) is 0 Å². The van der Waals surface area contributed by atoms with Gasteiger partial charge >= 0.3 is 0 Å². The topological polar surface area (TPSA) is 3.24 Å². The lowest BCUT2D eigenvalue weighted by Crippen LogP contribution is -2.09. The summed E-state index contributed by atoms with van der Waals surface area (Å²) < 4.78 is 2.34. The molecule has 0 atom stereocenters. The molecule has 74 valence electrons. The fraction of sp³-hybridized carbons (Fsp3) is 0.333. The van der Waals surface area contributed by atoms with Gasteiger partial charge in [0, 0.05) is 36.0 Å². The van der Waals surface area contributed by atoms with Crippen molar-refractivity contribution in [3.05, 3.63) is 42.0 Å². The maximum Gasteiger partial charge on any atom is 0.0267 e. The number of halogens is 1. The minimum atomic E-state index is 1.07. The number of hydrogen-bond donors (Lipinski definition) is 0. The van der Waals surface area contributed by atoms with Gasteiger partial charge in [0.25, 0.3) is 0 Å². The largest absolute Gasteiger partial charge is 0.244 e. The molecule has 1 heterocycles. The minimum Gasteiger partial charge on any atom is -0.244 e. The van der Waals surface area contributed by atoms with E-state index in [1.165, 1.54) is 30.5 Å². The van der Waals surface area contributed by atoms with E-state index < -0.39 is 0 Å². The highest BCUT2D eigenvalue weighted by atomic mass is 127. The molecule has 0 aromatic heterocycles. The van der Waals surface area contributed by atoms with E-state index in [-0.39, 0.29) is 0 Å². The van der Waals surface area contributed by atoms with Gasteiger partial charge in [-0.15, -0.1) is 0 Å². The Balaban J connectivity index is 2.18. The van der Waals surface area contributed by atoms with Crippen LogP contribution in [0.2, 0.25) is 0 Å². The molecule has 0 unspecified atom stereocenters. The Morgan fingerprint density at radius 1 is 1.14 bits per heavy atom. The summed E-state index contributed by atoms with van der Waals surface area (Å²) in [5.74, 6) is 0. The quantitative estimate of drug-likeness (QED) is 0.566. The number of allylic oxidation sites excluding steroid dienone is 1. The zero-order valence-corrected chi connectivity index (χ0v) is 10.3. The number of benzene rings is 1. The summed E-state index contributed by atoms with van der Waals surface area (Å²) in [6.07, 6.45) is 4.84. The van der Waals surface area contributed by atoms with Crippen LogP contribution < -0.4 is 0 Å². The van der Waals surface area contributed by atoms with Crippen LogP contribution in [-0.4, -0.2) is 16.2 Å². The zero-order chi connectivity index (χ0) is 9.80. The second-order valence-corrected chi connectivity index (χ2v) is 4.93. The van der Waals surface area contributed by atoms with Gasteiger partial charge in [-0.05, 0) is 24.0 Å². The predicted molar refractivity (Wildman–Crippen MR) is 69.2 cm³/mol. The molecule has 0 fully saturated rings. The van der Waals surface area contributed by atoms with Crippen LogP contribution in [0.15, 0.2) is 36.4 Å². The van der Waals surface area contributed by atoms with Crippen molar-refractivity contribution in [1.29, 1.82) is 0 Å². The van der Waals surface area contributed by atoms with Crippen LogP contribution in [0.25, 0.3) is 5.57 Å². The first-order valence-electron chi connectivity index (χ1n) is 5.01. The van der Waals surface area contributed by atoms with Crippen LogP contribution in [0.5, 0.6) is 0 Å². The second kappa shape index (κ2) is 4.94. The first-order chi connectivity index (χ1) is 6.86. The fourth-order valence-electron chi connectivity index (χ4n) is 1.76. The molecule has 2 heteroatoms. The Hall–Kier alpha value is -0.350. The molecule has 0 spiro atoms. The van der Waals surface area contributed by atoms with E-state index in [0.717, 1.165) is 6.54 Å². The summed E-state index contributed by atoms with van der Waals surface area (Å²) in [5, 5.41) is 0.